The molecule has 2 aromatic heterocycles. The van der Waals surface area contributed by atoms with Crippen LogP contribution in [-0.4, -0.2) is 15.2 Å². The van der Waals surface area contributed by atoms with Gasteiger partial charge in [0.25, 0.3) is 5.56 Å². The van der Waals surface area contributed by atoms with Crippen molar-refractivity contribution in [1.82, 2.24) is 15.2 Å². The molecule has 5 nitrogen and oxygen atoms in total. The molecule has 0 saturated carbocycles. The Balaban J connectivity index is 2.02. The zero-order chi connectivity index (χ0) is 19.6. The molecule has 0 saturated heterocycles. The molecule has 0 radical (unpaired) electrons. The van der Waals surface area contributed by atoms with E-state index in [0.717, 1.165) is 21.7 Å². The van der Waals surface area contributed by atoms with Crippen LogP contribution >= 0.6 is 11.6 Å². The van der Waals surface area contributed by atoms with Crippen molar-refractivity contribution in [1.29, 1.82) is 0 Å². The lowest BCUT2D eigenvalue weighted by molar-refractivity contribution is 0.636. The van der Waals surface area contributed by atoms with E-state index in [-0.39, 0.29) is 11.2 Å². The molecule has 28 heavy (non-hydrogen) atoms. The highest BCUT2D eigenvalue weighted by atomic mass is 35.5. The summed E-state index contributed by atoms with van der Waals surface area (Å²) in [7, 11) is 0. The van der Waals surface area contributed by atoms with E-state index in [1.807, 2.05) is 25.1 Å². The van der Waals surface area contributed by atoms with Gasteiger partial charge < -0.3 is 10.7 Å². The third-order valence-electron chi connectivity index (χ3n) is 5.16. The Hall–Kier alpha value is -3.38. The number of fused-ring (bicyclic) bond motifs is 4. The summed E-state index contributed by atoms with van der Waals surface area (Å²) in [6.07, 6.45) is 1.54. The number of pyridine rings is 1. The van der Waals surface area contributed by atoms with Crippen molar-refractivity contribution in [3.8, 4) is 11.1 Å². The topological polar surface area (TPSA) is 87.6 Å². The predicted octanol–water partition coefficient (Wildman–Crippen LogP) is 4.91. The average molecular weight is 393 g/mol. The number of H-pyrrole nitrogens is 2. The zero-order valence-corrected chi connectivity index (χ0v) is 15.5. The van der Waals surface area contributed by atoms with Crippen LogP contribution in [0.2, 0.25) is 5.02 Å². The normalized spacial score (nSPS) is 11.7. The lowest BCUT2D eigenvalue weighted by Gasteiger charge is -2.14. The number of benzene rings is 3. The minimum absolute atomic E-state index is 0.0781. The fourth-order valence-electron chi connectivity index (χ4n) is 3.85. The predicted molar refractivity (Wildman–Crippen MR) is 111 cm³/mol. The Bertz CT molecular complexity index is 1490. The fraction of sp³-hybridized carbons (Fsp3) is 0.0476. The van der Waals surface area contributed by atoms with Crippen LogP contribution in [0.3, 0.4) is 0 Å². The third-order valence-corrected chi connectivity index (χ3v) is 5.40. The van der Waals surface area contributed by atoms with E-state index in [1.165, 1.54) is 12.3 Å². The maximum Gasteiger partial charge on any atom is 0.272 e. The van der Waals surface area contributed by atoms with Gasteiger partial charge in [0.05, 0.1) is 11.7 Å². The maximum absolute atomic E-state index is 14.1. The molecule has 0 aliphatic rings. The van der Waals surface area contributed by atoms with Crippen LogP contribution in [0.25, 0.3) is 43.7 Å². The minimum atomic E-state index is -0.416. The van der Waals surface area contributed by atoms with Crippen LogP contribution in [0, 0.1) is 12.7 Å². The maximum atomic E-state index is 14.1. The van der Waals surface area contributed by atoms with Gasteiger partial charge in [-0.1, -0.05) is 23.7 Å². The highest BCUT2D eigenvalue weighted by molar-refractivity contribution is 6.31. The Morgan fingerprint density at radius 1 is 1.04 bits per heavy atom. The van der Waals surface area contributed by atoms with E-state index in [0.29, 0.717) is 27.1 Å². The van der Waals surface area contributed by atoms with Gasteiger partial charge in [-0.15, -0.1) is 0 Å². The second-order valence-electron chi connectivity index (χ2n) is 6.80. The molecule has 0 fully saturated rings. The number of nitrogens with one attached hydrogen (secondary N) is 2. The number of aromatic nitrogens is 3. The van der Waals surface area contributed by atoms with Crippen LogP contribution in [0.4, 0.5) is 10.1 Å². The van der Waals surface area contributed by atoms with Crippen molar-refractivity contribution in [3.63, 3.8) is 0 Å². The van der Waals surface area contributed by atoms with Gasteiger partial charge in [-0.25, -0.2) is 4.39 Å². The number of rotatable bonds is 1. The van der Waals surface area contributed by atoms with E-state index < -0.39 is 11.4 Å². The third kappa shape index (κ3) is 2.25. The van der Waals surface area contributed by atoms with Crippen LogP contribution in [0.15, 0.2) is 47.4 Å². The zero-order valence-electron chi connectivity index (χ0n) is 14.7. The molecule has 2 heterocycles. The highest BCUT2D eigenvalue weighted by Crippen LogP contribution is 2.39. The van der Waals surface area contributed by atoms with Crippen molar-refractivity contribution in [2.45, 2.75) is 6.92 Å². The smallest absolute Gasteiger partial charge is 0.272 e. The Morgan fingerprint density at radius 2 is 1.86 bits per heavy atom. The standard InChI is InChI=1S/C21H14ClFN4O/c1-9-6-14-17(11-4-5-16(23)20-15(11)8-25-27-20)18(24)21(28)26-19(14)12-3-2-10(22)7-13(9)12/h2-8H,24H2,1H3,(H,25,27)(H,26,28). The number of nitrogens with zero attached hydrogens (tertiary/aromatic N) is 1. The van der Waals surface area contributed by atoms with Crippen molar-refractivity contribution in [3.05, 3.63) is 69.4 Å². The van der Waals surface area contributed by atoms with Crippen molar-refractivity contribution >= 4 is 49.9 Å². The number of aryl methyl sites for hydroxylation is 1. The van der Waals surface area contributed by atoms with Crippen molar-refractivity contribution in [2.75, 3.05) is 5.73 Å². The number of nitrogen functional groups attached to an aromatic ring is 1. The van der Waals surface area contributed by atoms with Gasteiger partial charge >= 0.3 is 0 Å². The molecular weight excluding hydrogens is 379 g/mol. The summed E-state index contributed by atoms with van der Waals surface area (Å²) >= 11 is 6.16. The average Bonchev–Trinajstić information content (AvgIpc) is 3.16. The molecule has 0 atom stereocenters. The number of halogens is 2. The minimum Gasteiger partial charge on any atom is -0.394 e. The molecule has 5 aromatic rings. The molecular formula is C21H14ClFN4O. The van der Waals surface area contributed by atoms with E-state index >= 15 is 0 Å². The molecule has 3 aromatic carbocycles. The Labute approximate surface area is 162 Å². The van der Waals surface area contributed by atoms with Crippen LogP contribution in [-0.2, 0) is 0 Å². The molecule has 0 amide bonds. The van der Waals surface area contributed by atoms with Gasteiger partial charge in [0, 0.05) is 26.7 Å². The molecule has 4 N–H and O–H groups in total. The summed E-state index contributed by atoms with van der Waals surface area (Å²) in [4.78, 5) is 15.5. The molecule has 138 valence electrons. The first-order valence-corrected chi connectivity index (χ1v) is 9.00. The summed E-state index contributed by atoms with van der Waals surface area (Å²) < 4.78 is 14.1. The summed E-state index contributed by atoms with van der Waals surface area (Å²) in [6.45, 7) is 1.97. The summed E-state index contributed by atoms with van der Waals surface area (Å²) in [6, 6.07) is 10.5. The summed E-state index contributed by atoms with van der Waals surface area (Å²) in [5.74, 6) is -0.416. The quantitative estimate of drug-likeness (QED) is 0.354. The number of hydrogen-bond donors (Lipinski definition) is 3. The van der Waals surface area contributed by atoms with Gasteiger partial charge in [-0.2, -0.15) is 5.10 Å². The molecule has 0 unspecified atom stereocenters. The van der Waals surface area contributed by atoms with Gasteiger partial charge in [0.15, 0.2) is 0 Å². The molecule has 7 heteroatoms. The summed E-state index contributed by atoms with van der Waals surface area (Å²) in [5.41, 5.74) is 9.01. The SMILES string of the molecule is Cc1cc2c(-c3ccc(F)c4[nH]ncc34)c(N)c(=O)[nH]c2c2ccc(Cl)cc12. The molecule has 5 rings (SSSR count). The molecule has 0 bridgehead atoms. The van der Waals surface area contributed by atoms with E-state index in [9.17, 15) is 9.18 Å². The second-order valence-corrected chi connectivity index (χ2v) is 7.24. The van der Waals surface area contributed by atoms with Gasteiger partial charge in [-0.3, -0.25) is 9.89 Å². The van der Waals surface area contributed by atoms with E-state index in [1.54, 1.807) is 12.1 Å². The second kappa shape index (κ2) is 5.81. The van der Waals surface area contributed by atoms with E-state index in [2.05, 4.69) is 15.2 Å². The molecule has 0 spiro atoms. The lowest BCUT2D eigenvalue weighted by Crippen LogP contribution is -2.14. The lowest BCUT2D eigenvalue weighted by atomic mass is 9.93. The van der Waals surface area contributed by atoms with Gasteiger partial charge in [-0.05, 0) is 47.7 Å². The number of aromatic amines is 2. The molecule has 0 aliphatic carbocycles. The number of anilines is 1. The first kappa shape index (κ1) is 16.8. The van der Waals surface area contributed by atoms with Gasteiger partial charge in [0.2, 0.25) is 0 Å². The number of hydrogen-bond acceptors (Lipinski definition) is 3. The van der Waals surface area contributed by atoms with Crippen LogP contribution in [0.1, 0.15) is 5.56 Å². The van der Waals surface area contributed by atoms with Crippen molar-refractivity contribution in [2.24, 2.45) is 0 Å². The summed E-state index contributed by atoms with van der Waals surface area (Å²) in [5, 5.41) is 10.4. The molecule has 0 aliphatic heterocycles. The van der Waals surface area contributed by atoms with Crippen molar-refractivity contribution < 1.29 is 4.39 Å². The van der Waals surface area contributed by atoms with Crippen LogP contribution in [0.5, 0.6) is 0 Å². The highest BCUT2D eigenvalue weighted by Gasteiger charge is 2.19. The van der Waals surface area contributed by atoms with Gasteiger partial charge in [0.1, 0.15) is 17.0 Å². The Morgan fingerprint density at radius 3 is 2.68 bits per heavy atom. The fourth-order valence-corrected chi connectivity index (χ4v) is 4.03. The Kier molecular flexibility index (Phi) is 3.48. The van der Waals surface area contributed by atoms with E-state index in [4.69, 9.17) is 17.3 Å². The first-order chi connectivity index (χ1) is 13.5. The first-order valence-electron chi connectivity index (χ1n) is 8.62. The monoisotopic (exact) mass is 392 g/mol. The van der Waals surface area contributed by atoms with Crippen LogP contribution < -0.4 is 11.3 Å². The largest absolute Gasteiger partial charge is 0.394 e. The number of nitrogens with two attached hydrogens (primary N) is 1.